The fraction of sp³-hybridized carbons (Fsp3) is 0.133. The molecule has 0 saturated carbocycles. The lowest BCUT2D eigenvalue weighted by molar-refractivity contribution is 0.319. The van der Waals surface area contributed by atoms with Gasteiger partial charge in [-0.05, 0) is 6.07 Å². The number of nitrogens with zero attached hydrogens (tertiary/aromatic N) is 1. The Morgan fingerprint density at radius 2 is 1.60 bits per heavy atom. The first-order valence-corrected chi connectivity index (χ1v) is 5.94. The second-order valence-electron chi connectivity index (χ2n) is 4.04. The Morgan fingerprint density at radius 3 is 2.15 bits per heavy atom. The quantitative estimate of drug-likeness (QED) is 0.510. The summed E-state index contributed by atoms with van der Waals surface area (Å²) in [6.45, 7) is 0. The average molecular weight is 273 g/mol. The van der Waals surface area contributed by atoms with E-state index < -0.39 is 0 Å². The SMILES string of the molecule is COc1cc(O)c(/C(=N/O)c2ccccc2)cc1OC. The van der Waals surface area contributed by atoms with Crippen LogP contribution in [-0.4, -0.2) is 30.2 Å². The highest BCUT2D eigenvalue weighted by Gasteiger charge is 2.16. The normalized spacial score (nSPS) is 11.2. The Balaban J connectivity index is 2.56. The molecule has 0 aliphatic heterocycles. The fourth-order valence-electron chi connectivity index (χ4n) is 1.92. The van der Waals surface area contributed by atoms with E-state index in [1.165, 1.54) is 20.3 Å². The lowest BCUT2D eigenvalue weighted by Crippen LogP contribution is -2.05. The molecule has 0 fully saturated rings. The standard InChI is InChI=1S/C15H15NO4/c1-19-13-8-11(12(17)9-14(13)20-2)15(16-18)10-6-4-3-5-7-10/h3-9,17-18H,1-2H3/b16-15+. The van der Waals surface area contributed by atoms with Gasteiger partial charge in [-0.2, -0.15) is 0 Å². The van der Waals surface area contributed by atoms with Crippen molar-refractivity contribution in [2.45, 2.75) is 0 Å². The van der Waals surface area contributed by atoms with Gasteiger partial charge in [0.2, 0.25) is 0 Å². The van der Waals surface area contributed by atoms with Crippen molar-refractivity contribution in [3.8, 4) is 17.2 Å². The van der Waals surface area contributed by atoms with E-state index >= 15 is 0 Å². The van der Waals surface area contributed by atoms with Gasteiger partial charge in [-0.25, -0.2) is 0 Å². The van der Waals surface area contributed by atoms with Crippen molar-refractivity contribution in [3.05, 3.63) is 53.6 Å². The summed E-state index contributed by atoms with van der Waals surface area (Å²) in [4.78, 5) is 0. The minimum absolute atomic E-state index is 0.0562. The zero-order valence-electron chi connectivity index (χ0n) is 11.2. The molecule has 0 spiro atoms. The molecule has 0 atom stereocenters. The Labute approximate surface area is 116 Å². The number of phenols is 1. The zero-order valence-corrected chi connectivity index (χ0v) is 11.2. The highest BCUT2D eigenvalue weighted by Crippen LogP contribution is 2.35. The van der Waals surface area contributed by atoms with Gasteiger partial charge in [0.15, 0.2) is 11.5 Å². The van der Waals surface area contributed by atoms with Crippen LogP contribution in [0.5, 0.6) is 17.2 Å². The van der Waals surface area contributed by atoms with Crippen molar-refractivity contribution in [2.75, 3.05) is 14.2 Å². The van der Waals surface area contributed by atoms with Gasteiger partial charge in [-0.1, -0.05) is 35.5 Å². The van der Waals surface area contributed by atoms with Crippen LogP contribution in [-0.2, 0) is 0 Å². The molecular formula is C15H15NO4. The third kappa shape index (κ3) is 2.51. The van der Waals surface area contributed by atoms with Crippen LogP contribution < -0.4 is 9.47 Å². The summed E-state index contributed by atoms with van der Waals surface area (Å²) in [5, 5.41) is 22.6. The van der Waals surface area contributed by atoms with E-state index in [9.17, 15) is 10.3 Å². The summed E-state index contributed by atoms with van der Waals surface area (Å²) in [6.07, 6.45) is 0. The first-order chi connectivity index (χ1) is 9.71. The van der Waals surface area contributed by atoms with Crippen molar-refractivity contribution >= 4 is 5.71 Å². The summed E-state index contributed by atoms with van der Waals surface area (Å²) < 4.78 is 10.3. The van der Waals surface area contributed by atoms with Gasteiger partial charge in [0.05, 0.1) is 14.2 Å². The lowest BCUT2D eigenvalue weighted by Gasteiger charge is -2.12. The minimum Gasteiger partial charge on any atom is -0.507 e. The van der Waals surface area contributed by atoms with Crippen LogP contribution in [0.4, 0.5) is 0 Å². The van der Waals surface area contributed by atoms with E-state index in [0.717, 1.165) is 0 Å². The number of phenolic OH excluding ortho intramolecular Hbond substituents is 1. The second-order valence-corrected chi connectivity index (χ2v) is 4.04. The van der Waals surface area contributed by atoms with Crippen molar-refractivity contribution in [1.82, 2.24) is 0 Å². The van der Waals surface area contributed by atoms with E-state index in [1.54, 1.807) is 18.2 Å². The molecule has 0 bridgehead atoms. The second kappa shape index (κ2) is 5.97. The van der Waals surface area contributed by atoms with Crippen LogP contribution in [0.25, 0.3) is 0 Å². The molecule has 20 heavy (non-hydrogen) atoms. The third-order valence-corrected chi connectivity index (χ3v) is 2.90. The van der Waals surface area contributed by atoms with Crippen molar-refractivity contribution in [2.24, 2.45) is 5.16 Å². The van der Waals surface area contributed by atoms with Crippen LogP contribution >= 0.6 is 0 Å². The van der Waals surface area contributed by atoms with Gasteiger partial charge in [0.25, 0.3) is 0 Å². The number of aromatic hydroxyl groups is 1. The van der Waals surface area contributed by atoms with Gasteiger partial charge < -0.3 is 19.8 Å². The molecule has 2 rings (SSSR count). The molecule has 0 amide bonds. The Hall–Kier alpha value is -2.69. The third-order valence-electron chi connectivity index (χ3n) is 2.90. The molecule has 0 aromatic heterocycles. The maximum Gasteiger partial charge on any atom is 0.164 e. The number of hydrogen-bond acceptors (Lipinski definition) is 5. The van der Waals surface area contributed by atoms with E-state index in [1.807, 2.05) is 18.2 Å². The van der Waals surface area contributed by atoms with E-state index in [0.29, 0.717) is 22.6 Å². The number of oxime groups is 1. The van der Waals surface area contributed by atoms with Crippen molar-refractivity contribution < 1.29 is 19.8 Å². The van der Waals surface area contributed by atoms with Gasteiger partial charge in [0.1, 0.15) is 11.5 Å². The molecule has 0 aliphatic carbocycles. The molecule has 2 aromatic carbocycles. The topological polar surface area (TPSA) is 71.3 Å². The lowest BCUT2D eigenvalue weighted by atomic mass is 10.0. The molecule has 2 aromatic rings. The first-order valence-electron chi connectivity index (χ1n) is 5.94. The Morgan fingerprint density at radius 1 is 1.00 bits per heavy atom. The summed E-state index contributed by atoms with van der Waals surface area (Å²) in [7, 11) is 2.98. The number of ether oxygens (including phenoxy) is 2. The molecule has 5 nitrogen and oxygen atoms in total. The van der Waals surface area contributed by atoms with Crippen LogP contribution in [0.1, 0.15) is 11.1 Å². The summed E-state index contributed by atoms with van der Waals surface area (Å²) in [5.41, 5.74) is 1.29. The van der Waals surface area contributed by atoms with Crippen LogP contribution in [0.15, 0.2) is 47.6 Å². The van der Waals surface area contributed by atoms with E-state index in [2.05, 4.69) is 5.16 Å². The van der Waals surface area contributed by atoms with Gasteiger partial charge in [-0.15, -0.1) is 0 Å². The molecular weight excluding hydrogens is 258 g/mol. The molecule has 0 aliphatic rings. The zero-order chi connectivity index (χ0) is 14.5. The summed E-state index contributed by atoms with van der Waals surface area (Å²) in [6, 6.07) is 12.0. The summed E-state index contributed by atoms with van der Waals surface area (Å²) in [5.74, 6) is 0.788. The Kier molecular flexibility index (Phi) is 4.10. The molecule has 104 valence electrons. The molecule has 0 unspecified atom stereocenters. The fourth-order valence-corrected chi connectivity index (χ4v) is 1.92. The molecule has 0 radical (unpaired) electrons. The predicted molar refractivity (Wildman–Crippen MR) is 75.1 cm³/mol. The molecule has 5 heteroatoms. The first kappa shape index (κ1) is 13.7. The minimum atomic E-state index is -0.0562. The van der Waals surface area contributed by atoms with Crippen LogP contribution in [0.2, 0.25) is 0 Å². The number of hydrogen-bond donors (Lipinski definition) is 2. The summed E-state index contributed by atoms with van der Waals surface area (Å²) >= 11 is 0. The number of methoxy groups -OCH3 is 2. The van der Waals surface area contributed by atoms with Crippen molar-refractivity contribution in [3.63, 3.8) is 0 Å². The van der Waals surface area contributed by atoms with Crippen LogP contribution in [0, 0.1) is 0 Å². The molecule has 0 heterocycles. The van der Waals surface area contributed by atoms with Gasteiger partial charge >= 0.3 is 0 Å². The van der Waals surface area contributed by atoms with Gasteiger partial charge in [0, 0.05) is 17.2 Å². The highest BCUT2D eigenvalue weighted by molar-refractivity contribution is 6.14. The molecule has 0 saturated heterocycles. The van der Waals surface area contributed by atoms with Gasteiger partial charge in [-0.3, -0.25) is 0 Å². The Bertz CT molecular complexity index is 623. The van der Waals surface area contributed by atoms with Crippen molar-refractivity contribution in [1.29, 1.82) is 0 Å². The smallest absolute Gasteiger partial charge is 0.164 e. The van der Waals surface area contributed by atoms with E-state index in [-0.39, 0.29) is 11.5 Å². The predicted octanol–water partition coefficient (Wildman–Crippen LogP) is 2.64. The van der Waals surface area contributed by atoms with E-state index in [4.69, 9.17) is 9.47 Å². The molecule has 2 N–H and O–H groups in total. The largest absolute Gasteiger partial charge is 0.507 e. The maximum atomic E-state index is 10.1. The average Bonchev–Trinajstić information content (AvgIpc) is 2.50. The van der Waals surface area contributed by atoms with Crippen LogP contribution in [0.3, 0.4) is 0 Å². The number of rotatable bonds is 4. The maximum absolute atomic E-state index is 10.1. The highest BCUT2D eigenvalue weighted by atomic mass is 16.5. The number of benzene rings is 2. The monoisotopic (exact) mass is 273 g/mol.